The summed E-state index contributed by atoms with van der Waals surface area (Å²) in [6.45, 7) is 3.39. The topological polar surface area (TPSA) is 17.8 Å². The lowest BCUT2D eigenvalue weighted by atomic mass is 9.76. The molecule has 1 heterocycles. The van der Waals surface area contributed by atoms with Crippen LogP contribution >= 0.6 is 0 Å². The van der Waals surface area contributed by atoms with Gasteiger partial charge in [0.05, 0.1) is 14.2 Å². The molecule has 140 valence electrons. The number of benzene rings is 2. The Labute approximate surface area is 166 Å². The summed E-state index contributed by atoms with van der Waals surface area (Å²) in [6, 6.07) is 20.3. The highest BCUT2D eigenvalue weighted by Crippen LogP contribution is 2.20. The minimum absolute atomic E-state index is 0.0163. The molecule has 0 bridgehead atoms. The molecular formula is C24H31BN2. The fraction of sp³-hybridized carbons (Fsp3) is 0.375. The molecule has 0 spiro atoms. The van der Waals surface area contributed by atoms with Crippen LogP contribution in [0.4, 0.5) is 0 Å². The number of hydrogen-bond donors (Lipinski definition) is 0. The number of unbranched alkanes of at least 4 members (excludes halogenated alkanes) is 5. The highest BCUT2D eigenvalue weighted by atomic mass is 15.0. The van der Waals surface area contributed by atoms with Gasteiger partial charge in [0.15, 0.2) is 0 Å². The van der Waals surface area contributed by atoms with E-state index < -0.39 is 0 Å². The van der Waals surface area contributed by atoms with Crippen LogP contribution in [0.3, 0.4) is 0 Å². The third-order valence-corrected chi connectivity index (χ3v) is 4.65. The van der Waals surface area contributed by atoms with Gasteiger partial charge in [0.2, 0.25) is 0 Å². The monoisotopic (exact) mass is 358 g/mol. The predicted octanol–water partition coefficient (Wildman–Crippen LogP) is 6.19. The molecule has 3 heteroatoms. The summed E-state index contributed by atoms with van der Waals surface area (Å²) in [4.78, 5) is 4.01. The van der Waals surface area contributed by atoms with Gasteiger partial charge in [-0.15, -0.1) is 0 Å². The maximum absolute atomic E-state index is 6.12. The lowest BCUT2D eigenvalue weighted by Gasteiger charge is -2.12. The van der Waals surface area contributed by atoms with E-state index in [1.54, 1.807) is 0 Å². The van der Waals surface area contributed by atoms with Crippen LogP contribution in [0.15, 0.2) is 79.4 Å². The normalized spacial score (nSPS) is 10.4. The molecule has 0 atom stereocenters. The Morgan fingerprint density at radius 1 is 0.815 bits per heavy atom. The number of nitrogens with zero attached hydrogens (tertiary/aromatic N) is 2. The Morgan fingerprint density at radius 3 is 1.89 bits per heavy atom. The number of imidazole rings is 1. The molecular weight excluding hydrogens is 327 g/mol. The molecule has 0 saturated heterocycles. The van der Waals surface area contributed by atoms with Crippen molar-refractivity contribution in [2.24, 2.45) is 0 Å². The SMILES string of the molecule is CCCCCCCCn1ccnc1.[B]C(c1ccccc1)c1ccccc1. The summed E-state index contributed by atoms with van der Waals surface area (Å²) in [5.74, 6) is -0.0163. The van der Waals surface area contributed by atoms with Crippen molar-refractivity contribution in [3.63, 3.8) is 0 Å². The van der Waals surface area contributed by atoms with Crippen LogP contribution in [-0.2, 0) is 6.54 Å². The zero-order chi connectivity index (χ0) is 19.2. The van der Waals surface area contributed by atoms with Gasteiger partial charge in [0.1, 0.15) is 0 Å². The third kappa shape index (κ3) is 8.30. The maximum Gasteiger partial charge on any atom is 0.0945 e. The fourth-order valence-electron chi connectivity index (χ4n) is 3.01. The van der Waals surface area contributed by atoms with E-state index in [1.807, 2.05) is 55.1 Å². The van der Waals surface area contributed by atoms with E-state index in [0.717, 1.165) is 17.7 Å². The van der Waals surface area contributed by atoms with Crippen LogP contribution in [0.1, 0.15) is 62.4 Å². The minimum atomic E-state index is -0.0163. The molecule has 27 heavy (non-hydrogen) atoms. The van der Waals surface area contributed by atoms with E-state index in [2.05, 4.69) is 40.7 Å². The molecule has 0 aliphatic heterocycles. The van der Waals surface area contributed by atoms with Gasteiger partial charge in [0.25, 0.3) is 0 Å². The van der Waals surface area contributed by atoms with Crippen molar-refractivity contribution in [1.82, 2.24) is 9.55 Å². The van der Waals surface area contributed by atoms with E-state index in [9.17, 15) is 0 Å². The number of hydrogen-bond acceptors (Lipinski definition) is 1. The minimum Gasteiger partial charge on any atom is -0.337 e. The van der Waals surface area contributed by atoms with E-state index in [4.69, 9.17) is 7.85 Å². The average Bonchev–Trinajstić information content (AvgIpc) is 3.25. The Morgan fingerprint density at radius 2 is 1.37 bits per heavy atom. The van der Waals surface area contributed by atoms with Crippen LogP contribution in [0.5, 0.6) is 0 Å². The summed E-state index contributed by atoms with van der Waals surface area (Å²) in [6.07, 6.45) is 13.9. The van der Waals surface area contributed by atoms with Crippen molar-refractivity contribution in [3.8, 4) is 0 Å². The maximum atomic E-state index is 6.12. The van der Waals surface area contributed by atoms with Crippen molar-refractivity contribution in [1.29, 1.82) is 0 Å². The lowest BCUT2D eigenvalue weighted by Crippen LogP contribution is -1.99. The Hall–Kier alpha value is -2.29. The molecule has 0 aliphatic rings. The standard InChI is InChI=1S/C13H11B.C11H20N2/c14-13(11-7-3-1-4-8-11)12-9-5-2-6-10-12;1-2-3-4-5-6-7-9-13-10-8-12-11-13/h1-10,13H;8,10-11H,2-7,9H2,1H3. The molecule has 0 saturated carbocycles. The summed E-state index contributed by atoms with van der Waals surface area (Å²) < 4.78 is 2.15. The van der Waals surface area contributed by atoms with Gasteiger partial charge in [-0.2, -0.15) is 0 Å². The van der Waals surface area contributed by atoms with Crippen LogP contribution in [0, 0.1) is 0 Å². The third-order valence-electron chi connectivity index (χ3n) is 4.65. The molecule has 1 aromatic heterocycles. The molecule has 0 aliphatic carbocycles. The average molecular weight is 358 g/mol. The van der Waals surface area contributed by atoms with E-state index in [1.165, 1.54) is 38.5 Å². The molecule has 2 radical (unpaired) electrons. The molecule has 3 rings (SSSR count). The Bertz CT molecular complexity index is 656. The van der Waals surface area contributed by atoms with Crippen molar-refractivity contribution in [3.05, 3.63) is 90.5 Å². The van der Waals surface area contributed by atoms with E-state index >= 15 is 0 Å². The molecule has 0 fully saturated rings. The predicted molar refractivity (Wildman–Crippen MR) is 116 cm³/mol. The number of aromatic nitrogens is 2. The first-order valence-electron chi connectivity index (χ1n) is 10.1. The Kier molecular flexibility index (Phi) is 10.1. The highest BCUT2D eigenvalue weighted by molar-refractivity contribution is 6.14. The van der Waals surface area contributed by atoms with Gasteiger partial charge in [-0.3, -0.25) is 0 Å². The zero-order valence-corrected chi connectivity index (χ0v) is 16.5. The number of rotatable bonds is 9. The smallest absolute Gasteiger partial charge is 0.0945 e. The van der Waals surface area contributed by atoms with Gasteiger partial charge >= 0.3 is 0 Å². The second-order valence-corrected chi connectivity index (χ2v) is 6.87. The summed E-state index contributed by atoms with van der Waals surface area (Å²) >= 11 is 0. The summed E-state index contributed by atoms with van der Waals surface area (Å²) in [5, 5.41) is 0. The quantitative estimate of drug-likeness (QED) is 0.329. The van der Waals surface area contributed by atoms with Crippen LogP contribution in [0.2, 0.25) is 0 Å². The second kappa shape index (κ2) is 13.0. The first-order chi connectivity index (χ1) is 13.3. The van der Waals surface area contributed by atoms with E-state index in [-0.39, 0.29) is 5.82 Å². The molecule has 0 amide bonds. The van der Waals surface area contributed by atoms with Crippen molar-refractivity contribution in [2.45, 2.75) is 57.8 Å². The first kappa shape index (κ1) is 21.0. The largest absolute Gasteiger partial charge is 0.337 e. The van der Waals surface area contributed by atoms with Gasteiger partial charge in [-0.05, 0) is 23.4 Å². The van der Waals surface area contributed by atoms with Gasteiger partial charge < -0.3 is 4.57 Å². The molecule has 3 aromatic rings. The highest BCUT2D eigenvalue weighted by Gasteiger charge is 2.05. The molecule has 0 unspecified atom stereocenters. The molecule has 2 nitrogen and oxygen atoms in total. The van der Waals surface area contributed by atoms with Gasteiger partial charge in [-0.1, -0.05) is 99.7 Å². The van der Waals surface area contributed by atoms with Crippen LogP contribution in [0.25, 0.3) is 0 Å². The number of aryl methyl sites for hydroxylation is 1. The summed E-state index contributed by atoms with van der Waals surface area (Å²) in [7, 11) is 6.12. The first-order valence-corrected chi connectivity index (χ1v) is 10.1. The summed E-state index contributed by atoms with van der Waals surface area (Å²) in [5.41, 5.74) is 2.30. The zero-order valence-electron chi connectivity index (χ0n) is 16.5. The van der Waals surface area contributed by atoms with Crippen molar-refractivity contribution >= 4 is 7.85 Å². The van der Waals surface area contributed by atoms with Crippen LogP contribution in [-0.4, -0.2) is 17.4 Å². The van der Waals surface area contributed by atoms with Crippen molar-refractivity contribution < 1.29 is 0 Å². The lowest BCUT2D eigenvalue weighted by molar-refractivity contribution is 0.558. The van der Waals surface area contributed by atoms with Crippen LogP contribution < -0.4 is 0 Å². The Balaban J connectivity index is 0.000000194. The van der Waals surface area contributed by atoms with Gasteiger partial charge in [-0.25, -0.2) is 4.98 Å². The van der Waals surface area contributed by atoms with Gasteiger partial charge in [0, 0.05) is 18.9 Å². The second-order valence-electron chi connectivity index (χ2n) is 6.87. The van der Waals surface area contributed by atoms with Crippen molar-refractivity contribution in [2.75, 3.05) is 0 Å². The molecule has 0 N–H and O–H groups in total. The molecule has 2 aromatic carbocycles. The fourth-order valence-corrected chi connectivity index (χ4v) is 3.01. The van der Waals surface area contributed by atoms with E-state index in [0.29, 0.717) is 0 Å².